The van der Waals surface area contributed by atoms with E-state index in [1.54, 1.807) is 18.2 Å². The van der Waals surface area contributed by atoms with E-state index >= 15 is 0 Å². The Morgan fingerprint density at radius 1 is 1.07 bits per heavy atom. The third kappa shape index (κ3) is 5.11. The molecule has 4 aromatic rings. The fourth-order valence-corrected chi connectivity index (χ4v) is 5.80. The highest BCUT2D eigenvalue weighted by molar-refractivity contribution is 5.97. The number of amides is 1. The van der Waals surface area contributed by atoms with E-state index in [2.05, 4.69) is 37.1 Å². The Balaban J connectivity index is 1.16. The molecule has 1 aliphatic carbocycles. The Hall–Kier alpha value is -4.39. The van der Waals surface area contributed by atoms with E-state index in [1.165, 1.54) is 11.1 Å². The average molecular weight is 536 g/mol. The highest BCUT2D eigenvalue weighted by Gasteiger charge is 2.47. The highest BCUT2D eigenvalue weighted by Crippen LogP contribution is 2.57. The summed E-state index contributed by atoms with van der Waals surface area (Å²) >= 11 is 0. The van der Waals surface area contributed by atoms with Crippen LogP contribution in [0.2, 0.25) is 0 Å². The van der Waals surface area contributed by atoms with Crippen molar-refractivity contribution in [2.75, 3.05) is 18.1 Å². The van der Waals surface area contributed by atoms with Gasteiger partial charge in [-0.15, -0.1) is 0 Å². The van der Waals surface area contributed by atoms with E-state index in [0.29, 0.717) is 37.8 Å². The standard InChI is InChI=1S/C33H33N3O4/c1-21-7-3-12-30(22(21)2)40-14-6-13-31(37)36-20-25-16-28(25)32-27(10-5-11-29(32)36)26-17-34-35(19-26)18-23-8-4-9-24(15-23)33(38)39/h3-5,7-12,15,17,19,25,28H,6,13-14,16,18,20H2,1-2H3,(H,38,39)/t25-,28-/m0/s1. The summed E-state index contributed by atoms with van der Waals surface area (Å²) < 4.78 is 7.82. The van der Waals surface area contributed by atoms with Crippen LogP contribution < -0.4 is 9.64 Å². The molecule has 0 radical (unpaired) electrons. The average Bonchev–Trinajstić information content (AvgIpc) is 3.61. The van der Waals surface area contributed by atoms with E-state index < -0.39 is 5.97 Å². The van der Waals surface area contributed by atoms with Crippen molar-refractivity contribution in [2.24, 2.45) is 5.92 Å². The Morgan fingerprint density at radius 3 is 2.75 bits per heavy atom. The molecule has 2 heterocycles. The van der Waals surface area contributed by atoms with Crippen molar-refractivity contribution in [3.63, 3.8) is 0 Å². The number of carbonyl (C=O) groups is 2. The number of anilines is 1. The number of aryl methyl sites for hydroxylation is 1. The SMILES string of the molecule is Cc1cccc(OCCCC(=O)N2C[C@@H]3C[C@@H]3c3c(-c4cnn(Cc5cccc(C(=O)O)c5)c4)cccc32)c1C. The summed E-state index contributed by atoms with van der Waals surface area (Å²) in [7, 11) is 0. The number of nitrogens with zero attached hydrogens (tertiary/aromatic N) is 3. The minimum atomic E-state index is -0.939. The molecule has 2 atom stereocenters. The van der Waals surface area contributed by atoms with Gasteiger partial charge in [-0.2, -0.15) is 5.10 Å². The van der Waals surface area contributed by atoms with E-state index in [1.807, 2.05) is 46.2 Å². The van der Waals surface area contributed by atoms with Crippen LogP contribution in [0.5, 0.6) is 5.75 Å². The maximum atomic E-state index is 13.4. The van der Waals surface area contributed by atoms with E-state index in [9.17, 15) is 14.7 Å². The van der Waals surface area contributed by atoms with Gasteiger partial charge < -0.3 is 14.7 Å². The number of benzene rings is 3. The van der Waals surface area contributed by atoms with Crippen molar-refractivity contribution in [1.82, 2.24) is 9.78 Å². The number of carboxylic acids is 1. The normalized spacial score (nSPS) is 17.2. The van der Waals surface area contributed by atoms with Crippen LogP contribution in [0.15, 0.2) is 73.1 Å². The Kier molecular flexibility index (Phi) is 6.88. The number of rotatable bonds is 9. The smallest absolute Gasteiger partial charge is 0.335 e. The predicted molar refractivity (Wildman–Crippen MR) is 154 cm³/mol. The molecule has 1 saturated carbocycles. The van der Waals surface area contributed by atoms with Crippen LogP contribution in [-0.4, -0.2) is 39.9 Å². The van der Waals surface area contributed by atoms with Gasteiger partial charge in [0.15, 0.2) is 0 Å². The van der Waals surface area contributed by atoms with Crippen molar-refractivity contribution < 1.29 is 19.4 Å². The van der Waals surface area contributed by atoms with Crippen molar-refractivity contribution in [3.05, 3.63) is 101 Å². The third-order valence-electron chi connectivity index (χ3n) is 8.20. The molecule has 3 aromatic carbocycles. The summed E-state index contributed by atoms with van der Waals surface area (Å²) in [6, 6.07) is 19.2. The molecule has 7 heteroatoms. The zero-order valence-electron chi connectivity index (χ0n) is 22.8. The maximum Gasteiger partial charge on any atom is 0.335 e. The molecule has 2 aliphatic rings. The molecule has 0 spiro atoms. The van der Waals surface area contributed by atoms with E-state index in [-0.39, 0.29) is 11.5 Å². The van der Waals surface area contributed by atoms with Crippen molar-refractivity contribution >= 4 is 17.6 Å². The van der Waals surface area contributed by atoms with Gasteiger partial charge in [-0.1, -0.05) is 36.4 Å². The number of carbonyl (C=O) groups excluding carboxylic acids is 1. The number of aromatic nitrogens is 2. The summed E-state index contributed by atoms with van der Waals surface area (Å²) in [5.41, 5.74) is 7.87. The second-order valence-corrected chi connectivity index (χ2v) is 10.9. The molecular formula is C33H33N3O4. The largest absolute Gasteiger partial charge is 0.493 e. The molecule has 0 unspecified atom stereocenters. The van der Waals surface area contributed by atoms with Crippen molar-refractivity contribution in [3.8, 4) is 16.9 Å². The number of hydrogen-bond acceptors (Lipinski definition) is 4. The first-order valence-corrected chi connectivity index (χ1v) is 13.9. The van der Waals surface area contributed by atoms with Crippen LogP contribution >= 0.6 is 0 Å². The summed E-state index contributed by atoms with van der Waals surface area (Å²) in [6.45, 7) is 5.90. The lowest BCUT2D eigenvalue weighted by Gasteiger charge is -2.30. The molecule has 1 amide bonds. The van der Waals surface area contributed by atoms with Crippen LogP contribution in [0.1, 0.15) is 57.8 Å². The molecule has 0 saturated heterocycles. The molecule has 6 rings (SSSR count). The van der Waals surface area contributed by atoms with Gasteiger partial charge in [0.25, 0.3) is 0 Å². The van der Waals surface area contributed by atoms with Crippen molar-refractivity contribution in [1.29, 1.82) is 0 Å². The van der Waals surface area contributed by atoms with Gasteiger partial charge in [0.05, 0.1) is 24.9 Å². The van der Waals surface area contributed by atoms with Crippen LogP contribution in [0.4, 0.5) is 5.69 Å². The fourth-order valence-electron chi connectivity index (χ4n) is 5.80. The maximum absolute atomic E-state index is 13.4. The van der Waals surface area contributed by atoms with E-state index in [0.717, 1.165) is 46.7 Å². The van der Waals surface area contributed by atoms with Gasteiger partial charge >= 0.3 is 5.97 Å². The summed E-state index contributed by atoms with van der Waals surface area (Å²) in [5.74, 6) is 1.06. The molecule has 204 valence electrons. The molecule has 40 heavy (non-hydrogen) atoms. The second kappa shape index (κ2) is 10.6. The van der Waals surface area contributed by atoms with Crippen LogP contribution in [0, 0.1) is 19.8 Å². The number of fused-ring (bicyclic) bond motifs is 3. The molecule has 1 aliphatic heterocycles. The Labute approximate surface area is 234 Å². The summed E-state index contributed by atoms with van der Waals surface area (Å²) in [6.07, 6.45) is 6.08. The zero-order valence-corrected chi connectivity index (χ0v) is 22.8. The molecule has 1 fully saturated rings. The molecule has 1 N–H and O–H groups in total. The molecule has 7 nitrogen and oxygen atoms in total. The first kappa shape index (κ1) is 25.9. The van der Waals surface area contributed by atoms with Crippen LogP contribution in [0.3, 0.4) is 0 Å². The quantitative estimate of drug-likeness (QED) is 0.257. The third-order valence-corrected chi connectivity index (χ3v) is 8.20. The van der Waals surface area contributed by atoms with Gasteiger partial charge in [0.1, 0.15) is 5.75 Å². The predicted octanol–water partition coefficient (Wildman–Crippen LogP) is 6.22. The summed E-state index contributed by atoms with van der Waals surface area (Å²) in [5, 5.41) is 13.9. The lowest BCUT2D eigenvalue weighted by molar-refractivity contribution is -0.119. The number of carboxylic acid groups (broad SMARTS) is 1. The molecular weight excluding hydrogens is 502 g/mol. The fraction of sp³-hybridized carbons (Fsp3) is 0.303. The zero-order chi connectivity index (χ0) is 27.8. The van der Waals surface area contributed by atoms with Gasteiger partial charge in [-0.3, -0.25) is 9.48 Å². The van der Waals surface area contributed by atoms with Gasteiger partial charge in [0, 0.05) is 30.4 Å². The number of aromatic carboxylic acids is 1. The number of ether oxygens (including phenoxy) is 1. The topological polar surface area (TPSA) is 84.7 Å². The lowest BCUT2D eigenvalue weighted by Crippen LogP contribution is -2.36. The first-order valence-electron chi connectivity index (χ1n) is 13.9. The van der Waals surface area contributed by atoms with Gasteiger partial charge in [-0.05, 0) is 90.6 Å². The molecule has 0 bridgehead atoms. The Bertz CT molecular complexity index is 1590. The lowest BCUT2D eigenvalue weighted by atomic mass is 9.92. The summed E-state index contributed by atoms with van der Waals surface area (Å²) in [4.78, 5) is 26.7. The first-order chi connectivity index (χ1) is 19.4. The van der Waals surface area contributed by atoms with Crippen LogP contribution in [0.25, 0.3) is 11.1 Å². The molecule has 1 aromatic heterocycles. The van der Waals surface area contributed by atoms with Crippen molar-refractivity contribution in [2.45, 2.75) is 45.6 Å². The highest BCUT2D eigenvalue weighted by atomic mass is 16.5. The van der Waals surface area contributed by atoms with Gasteiger partial charge in [-0.25, -0.2) is 4.79 Å². The number of hydrogen-bond donors (Lipinski definition) is 1. The van der Waals surface area contributed by atoms with Crippen LogP contribution in [-0.2, 0) is 11.3 Å². The Morgan fingerprint density at radius 2 is 1.90 bits per heavy atom. The monoisotopic (exact) mass is 535 g/mol. The van der Waals surface area contributed by atoms with Gasteiger partial charge in [0.2, 0.25) is 5.91 Å². The second-order valence-electron chi connectivity index (χ2n) is 10.9. The minimum absolute atomic E-state index is 0.141. The minimum Gasteiger partial charge on any atom is -0.493 e. The van der Waals surface area contributed by atoms with E-state index in [4.69, 9.17) is 4.74 Å².